The quantitative estimate of drug-likeness (QED) is 0.850. The second-order valence-corrected chi connectivity index (χ2v) is 6.37. The van der Waals surface area contributed by atoms with E-state index in [9.17, 15) is 8.42 Å². The summed E-state index contributed by atoms with van der Waals surface area (Å²) in [6.07, 6.45) is 6.42. The van der Waals surface area contributed by atoms with Gasteiger partial charge in [0.2, 0.25) is 5.95 Å². The van der Waals surface area contributed by atoms with Gasteiger partial charge in [0, 0.05) is 23.0 Å². The molecule has 0 saturated heterocycles. The zero-order chi connectivity index (χ0) is 14.8. The van der Waals surface area contributed by atoms with Gasteiger partial charge in [-0.3, -0.25) is 4.18 Å². The molecule has 2 rings (SSSR count). The van der Waals surface area contributed by atoms with Crippen molar-refractivity contribution in [1.29, 1.82) is 0 Å². The molecular weight excluding hydrogens is 302 g/mol. The lowest BCUT2D eigenvalue weighted by molar-refractivity contribution is 0.334. The molecule has 8 heteroatoms. The van der Waals surface area contributed by atoms with Crippen LogP contribution in [-0.4, -0.2) is 30.2 Å². The van der Waals surface area contributed by atoms with Gasteiger partial charge < -0.3 is 5.73 Å². The van der Waals surface area contributed by atoms with E-state index in [-0.39, 0.29) is 19.0 Å². The van der Waals surface area contributed by atoms with Gasteiger partial charge in [0.1, 0.15) is 5.25 Å². The third-order valence-electron chi connectivity index (χ3n) is 2.80. The van der Waals surface area contributed by atoms with Gasteiger partial charge >= 0.3 is 0 Å². The molecule has 1 heterocycles. The van der Waals surface area contributed by atoms with Crippen LogP contribution in [0.15, 0.2) is 29.6 Å². The number of nitrogen functional groups attached to an aromatic ring is 1. The van der Waals surface area contributed by atoms with Crippen molar-refractivity contribution in [1.82, 2.24) is 9.97 Å². The number of nitrogens with two attached hydrogens (primary N) is 1. The van der Waals surface area contributed by atoms with Crippen LogP contribution in [0.25, 0.3) is 5.57 Å². The first-order chi connectivity index (χ1) is 9.44. The smallest absolute Gasteiger partial charge is 0.274 e. The maximum atomic E-state index is 12.1. The Labute approximate surface area is 122 Å². The molecule has 0 aliphatic heterocycles. The zero-order valence-corrected chi connectivity index (χ0v) is 12.4. The Bertz CT molecular complexity index is 653. The standard InChI is InChI=1S/C12H14ClN3O3S/c1-2-19-20(17,18)11-4-3-9(13)5-10(11)8-6-15-12(14)16-7-8/h3,5-7,11H,2,4H2,1H3,(H2,14,15,16). The summed E-state index contributed by atoms with van der Waals surface area (Å²) < 4.78 is 29.2. The van der Waals surface area contributed by atoms with E-state index in [1.54, 1.807) is 19.1 Å². The highest BCUT2D eigenvalue weighted by Crippen LogP contribution is 2.33. The summed E-state index contributed by atoms with van der Waals surface area (Å²) >= 11 is 5.97. The summed E-state index contributed by atoms with van der Waals surface area (Å²) in [6, 6.07) is 0. The van der Waals surface area contributed by atoms with Crippen LogP contribution < -0.4 is 5.73 Å². The van der Waals surface area contributed by atoms with Gasteiger partial charge in [0.05, 0.1) is 6.61 Å². The minimum absolute atomic E-state index is 0.0851. The lowest BCUT2D eigenvalue weighted by atomic mass is 9.99. The van der Waals surface area contributed by atoms with Gasteiger partial charge in [-0.05, 0) is 25.0 Å². The molecule has 0 radical (unpaired) electrons. The zero-order valence-electron chi connectivity index (χ0n) is 10.8. The minimum atomic E-state index is -3.72. The van der Waals surface area contributed by atoms with E-state index in [1.807, 2.05) is 0 Å². The van der Waals surface area contributed by atoms with Gasteiger partial charge in [-0.1, -0.05) is 17.7 Å². The minimum Gasteiger partial charge on any atom is -0.368 e. The van der Waals surface area contributed by atoms with Crippen LogP contribution in [0, 0.1) is 0 Å². The number of nitrogens with zero attached hydrogens (tertiary/aromatic N) is 2. The molecular formula is C12H14ClN3O3S. The van der Waals surface area contributed by atoms with Crippen molar-refractivity contribution < 1.29 is 12.6 Å². The number of anilines is 1. The Morgan fingerprint density at radius 2 is 2.10 bits per heavy atom. The number of hydrogen-bond donors (Lipinski definition) is 1. The fraction of sp³-hybridized carbons (Fsp3) is 0.333. The first kappa shape index (κ1) is 15.0. The first-order valence-electron chi connectivity index (χ1n) is 5.97. The van der Waals surface area contributed by atoms with Crippen molar-refractivity contribution in [3.63, 3.8) is 0 Å². The van der Waals surface area contributed by atoms with E-state index in [1.165, 1.54) is 12.4 Å². The summed E-state index contributed by atoms with van der Waals surface area (Å²) in [5.41, 5.74) is 6.49. The van der Waals surface area contributed by atoms with E-state index in [4.69, 9.17) is 21.5 Å². The lowest BCUT2D eigenvalue weighted by Gasteiger charge is -2.22. The van der Waals surface area contributed by atoms with E-state index in [2.05, 4.69) is 9.97 Å². The lowest BCUT2D eigenvalue weighted by Crippen LogP contribution is -2.26. The van der Waals surface area contributed by atoms with Crippen molar-refractivity contribution in [2.75, 3.05) is 12.3 Å². The molecule has 6 nitrogen and oxygen atoms in total. The highest BCUT2D eigenvalue weighted by atomic mass is 35.5. The van der Waals surface area contributed by atoms with Crippen molar-refractivity contribution in [3.8, 4) is 0 Å². The third-order valence-corrected chi connectivity index (χ3v) is 4.77. The van der Waals surface area contributed by atoms with Crippen LogP contribution in [0.4, 0.5) is 5.95 Å². The van der Waals surface area contributed by atoms with Gasteiger partial charge in [-0.15, -0.1) is 0 Å². The van der Waals surface area contributed by atoms with Crippen LogP contribution in [0.2, 0.25) is 0 Å². The molecule has 108 valence electrons. The predicted octanol–water partition coefficient (Wildman–Crippen LogP) is 1.70. The van der Waals surface area contributed by atoms with Gasteiger partial charge in [-0.25, -0.2) is 9.97 Å². The molecule has 1 aromatic heterocycles. The summed E-state index contributed by atoms with van der Waals surface area (Å²) in [7, 11) is -3.72. The van der Waals surface area contributed by atoms with Crippen LogP contribution in [0.1, 0.15) is 18.9 Å². The highest BCUT2D eigenvalue weighted by Gasteiger charge is 2.32. The molecule has 0 amide bonds. The van der Waals surface area contributed by atoms with Crippen LogP contribution in [0.5, 0.6) is 0 Å². The Hall–Kier alpha value is -1.44. The molecule has 0 bridgehead atoms. The summed E-state index contributed by atoms with van der Waals surface area (Å²) in [4.78, 5) is 7.74. The molecule has 1 aromatic rings. The van der Waals surface area contributed by atoms with E-state index in [0.29, 0.717) is 16.2 Å². The van der Waals surface area contributed by atoms with Gasteiger partial charge in [0.25, 0.3) is 10.1 Å². The fourth-order valence-corrected chi connectivity index (χ4v) is 3.47. The monoisotopic (exact) mass is 315 g/mol. The van der Waals surface area contributed by atoms with Crippen molar-refractivity contribution in [3.05, 3.63) is 35.1 Å². The fourth-order valence-electron chi connectivity index (χ4n) is 1.92. The first-order valence-corrected chi connectivity index (χ1v) is 7.82. The molecule has 1 aliphatic rings. The van der Waals surface area contributed by atoms with Gasteiger partial charge in [-0.2, -0.15) is 8.42 Å². The molecule has 0 spiro atoms. The Morgan fingerprint density at radius 1 is 1.45 bits per heavy atom. The SMILES string of the molecule is CCOS(=O)(=O)C1CC=C(Cl)C=C1c1cnc(N)nc1. The van der Waals surface area contributed by atoms with Crippen LogP contribution in [0.3, 0.4) is 0 Å². The maximum absolute atomic E-state index is 12.1. The average molecular weight is 316 g/mol. The highest BCUT2D eigenvalue weighted by molar-refractivity contribution is 7.87. The van der Waals surface area contributed by atoms with Crippen molar-refractivity contribution >= 4 is 33.2 Å². The van der Waals surface area contributed by atoms with E-state index < -0.39 is 15.4 Å². The Balaban J connectivity index is 2.44. The summed E-state index contributed by atoms with van der Waals surface area (Å²) in [5.74, 6) is 0.121. The number of rotatable bonds is 4. The third kappa shape index (κ3) is 3.17. The van der Waals surface area contributed by atoms with Crippen LogP contribution in [-0.2, 0) is 14.3 Å². The second kappa shape index (κ2) is 5.90. The molecule has 0 saturated carbocycles. The van der Waals surface area contributed by atoms with E-state index in [0.717, 1.165) is 0 Å². The maximum Gasteiger partial charge on any atom is 0.274 e. The number of aromatic nitrogens is 2. The van der Waals surface area contributed by atoms with Crippen molar-refractivity contribution in [2.45, 2.75) is 18.6 Å². The largest absolute Gasteiger partial charge is 0.368 e. The van der Waals surface area contributed by atoms with Crippen LogP contribution >= 0.6 is 11.6 Å². The molecule has 1 aliphatic carbocycles. The molecule has 20 heavy (non-hydrogen) atoms. The second-order valence-electron chi connectivity index (χ2n) is 4.14. The average Bonchev–Trinajstić information content (AvgIpc) is 2.39. The summed E-state index contributed by atoms with van der Waals surface area (Å²) in [5, 5.41) is -0.350. The van der Waals surface area contributed by atoms with Gasteiger partial charge in [0.15, 0.2) is 0 Å². The molecule has 0 fully saturated rings. The predicted molar refractivity (Wildman–Crippen MR) is 77.3 cm³/mol. The Kier molecular flexibility index (Phi) is 4.42. The number of allylic oxidation sites excluding steroid dienone is 3. The molecule has 1 atom stereocenters. The van der Waals surface area contributed by atoms with E-state index >= 15 is 0 Å². The number of hydrogen-bond acceptors (Lipinski definition) is 6. The normalized spacial score (nSPS) is 19.4. The number of halogens is 1. The molecule has 1 unspecified atom stereocenters. The molecule has 2 N–H and O–H groups in total. The molecule has 0 aromatic carbocycles. The van der Waals surface area contributed by atoms with Crippen molar-refractivity contribution in [2.24, 2.45) is 0 Å². The summed E-state index contributed by atoms with van der Waals surface area (Å²) in [6.45, 7) is 1.71. The Morgan fingerprint density at radius 3 is 2.70 bits per heavy atom. The topological polar surface area (TPSA) is 95.2 Å².